The van der Waals surface area contributed by atoms with Gasteiger partial charge in [0.15, 0.2) is 34.5 Å². The highest BCUT2D eigenvalue weighted by Crippen LogP contribution is 2.67. The predicted molar refractivity (Wildman–Crippen MR) is 210 cm³/mol. The zero-order valence-electron chi connectivity index (χ0n) is 32.0. The quantitative estimate of drug-likeness (QED) is 0.112. The number of hydrogen-bond acceptors (Lipinski definition) is 18. The second-order valence-electron chi connectivity index (χ2n) is 16.1. The van der Waals surface area contributed by atoms with Crippen LogP contribution in [0.5, 0.6) is 86.2 Å². The Morgan fingerprint density at radius 2 is 0.889 bits per heavy atom. The smallest absolute Gasteiger partial charge is 0.305 e. The van der Waals surface area contributed by atoms with Crippen LogP contribution in [0.1, 0.15) is 62.4 Å². The molecule has 11 rings (SSSR count). The van der Waals surface area contributed by atoms with Crippen LogP contribution in [0, 0.1) is 0 Å². The first-order valence-electron chi connectivity index (χ1n) is 19.4. The molecular weight excluding hydrogens is 828 g/mol. The van der Waals surface area contributed by atoms with E-state index in [2.05, 4.69) is 0 Å². The van der Waals surface area contributed by atoms with Crippen LogP contribution >= 0.6 is 0 Å². The zero-order chi connectivity index (χ0) is 44.2. The number of ether oxygens (including phenoxy) is 5. The van der Waals surface area contributed by atoms with Crippen molar-refractivity contribution < 1.29 is 90.1 Å². The molecule has 0 unspecified atom stereocenters. The fourth-order valence-corrected chi connectivity index (χ4v) is 9.68. The summed E-state index contributed by atoms with van der Waals surface area (Å²) in [4.78, 5) is 0. The molecule has 0 amide bonds. The van der Waals surface area contributed by atoms with E-state index in [0.717, 1.165) is 36.4 Å². The van der Waals surface area contributed by atoms with Crippen molar-refractivity contribution >= 4 is 0 Å². The van der Waals surface area contributed by atoms with E-state index in [1.54, 1.807) is 0 Å². The first-order chi connectivity index (χ1) is 30.0. The van der Waals surface area contributed by atoms with Crippen molar-refractivity contribution in [2.75, 3.05) is 0 Å². The molecule has 6 aromatic carbocycles. The lowest BCUT2D eigenvalue weighted by molar-refractivity contribution is -0.223. The van der Waals surface area contributed by atoms with Crippen LogP contribution in [0.2, 0.25) is 0 Å². The maximum Gasteiger partial charge on any atom is 0.305 e. The maximum atomic E-state index is 12.7. The average molecular weight is 863 g/mol. The summed E-state index contributed by atoms with van der Waals surface area (Å²) in [5.74, 6) is -13.7. The number of rotatable bonds is 3. The maximum absolute atomic E-state index is 12.7. The number of hydrogen-bond donors (Lipinski definition) is 13. The van der Waals surface area contributed by atoms with Gasteiger partial charge in [-0.1, -0.05) is 6.07 Å². The van der Waals surface area contributed by atoms with Gasteiger partial charge in [-0.2, -0.15) is 0 Å². The topological polar surface area (TPSA) is 309 Å². The summed E-state index contributed by atoms with van der Waals surface area (Å²) < 4.78 is 32.0. The van der Waals surface area contributed by atoms with Crippen molar-refractivity contribution in [3.63, 3.8) is 0 Å². The SMILES string of the molecule is Oc1cc(O)c2c(c1)O[C@@]1(c3ccc(O)c(O)c3)Oc3cc4c(c(O)c3[C@@H]2[C@H]1O)[C@@H]1c2c(cc3c(c2O)C[C@@H](O)[C@@H](c2ccc(O)c(O)c2)O3)O[C@](c2ccc(O)c(O)c2)(O4)[C@@H]1O. The number of phenols is 10. The van der Waals surface area contributed by atoms with E-state index in [1.165, 1.54) is 42.5 Å². The van der Waals surface area contributed by atoms with Gasteiger partial charge in [-0.25, -0.2) is 0 Å². The average Bonchev–Trinajstić information content (AvgIpc) is 3.22. The molecule has 6 aromatic rings. The van der Waals surface area contributed by atoms with Gasteiger partial charge in [0.25, 0.3) is 0 Å². The molecule has 0 aromatic heterocycles. The molecule has 0 saturated heterocycles. The fourth-order valence-electron chi connectivity index (χ4n) is 9.68. The van der Waals surface area contributed by atoms with Gasteiger partial charge in [-0.3, -0.25) is 0 Å². The van der Waals surface area contributed by atoms with Crippen LogP contribution in [0.3, 0.4) is 0 Å². The first kappa shape index (κ1) is 38.1. The predicted octanol–water partition coefficient (Wildman–Crippen LogP) is 4.04. The van der Waals surface area contributed by atoms with Crippen LogP contribution in [-0.4, -0.2) is 84.7 Å². The van der Waals surface area contributed by atoms with Gasteiger partial charge < -0.3 is 90.1 Å². The molecule has 0 saturated carbocycles. The summed E-state index contributed by atoms with van der Waals surface area (Å²) in [5, 5.41) is 145. The molecule has 18 heteroatoms. The molecule has 0 radical (unpaired) electrons. The lowest BCUT2D eigenvalue weighted by Gasteiger charge is -2.52. The van der Waals surface area contributed by atoms with E-state index in [9.17, 15) is 66.4 Å². The Bertz CT molecular complexity index is 2990. The Morgan fingerprint density at radius 1 is 0.429 bits per heavy atom. The third-order valence-corrected chi connectivity index (χ3v) is 12.6. The van der Waals surface area contributed by atoms with E-state index in [1.807, 2.05) is 0 Å². The van der Waals surface area contributed by atoms with Crippen molar-refractivity contribution in [2.45, 2.75) is 54.2 Å². The Morgan fingerprint density at radius 3 is 1.41 bits per heavy atom. The minimum Gasteiger partial charge on any atom is -0.508 e. The molecule has 5 aliphatic heterocycles. The van der Waals surface area contributed by atoms with Gasteiger partial charge in [-0.15, -0.1) is 0 Å². The van der Waals surface area contributed by atoms with Crippen molar-refractivity contribution in [1.29, 1.82) is 0 Å². The first-order valence-corrected chi connectivity index (χ1v) is 19.4. The lowest BCUT2D eigenvalue weighted by atomic mass is 9.70. The Balaban J connectivity index is 1.15. The van der Waals surface area contributed by atoms with Gasteiger partial charge in [0, 0.05) is 69.6 Å². The van der Waals surface area contributed by atoms with Crippen molar-refractivity contribution in [3.8, 4) is 86.2 Å². The van der Waals surface area contributed by atoms with Crippen LogP contribution in [-0.2, 0) is 18.0 Å². The minimum atomic E-state index is -2.34. The van der Waals surface area contributed by atoms with Crippen molar-refractivity contribution in [2.24, 2.45) is 0 Å². The number of benzene rings is 6. The van der Waals surface area contributed by atoms with Crippen LogP contribution in [0.15, 0.2) is 78.9 Å². The molecule has 5 heterocycles. The normalized spacial score (nSPS) is 26.7. The number of fused-ring (bicyclic) bond motifs is 13. The summed E-state index contributed by atoms with van der Waals surface area (Å²) in [7, 11) is 0. The van der Waals surface area contributed by atoms with E-state index in [0.29, 0.717) is 0 Å². The van der Waals surface area contributed by atoms with Gasteiger partial charge in [-0.05, 0) is 54.1 Å². The third kappa shape index (κ3) is 5.04. The molecule has 13 N–H and O–H groups in total. The summed E-state index contributed by atoms with van der Waals surface area (Å²) in [6, 6.07) is 15.6. The molecule has 0 fully saturated rings. The Hall–Kier alpha value is -7.80. The number of aliphatic hydroxyl groups excluding tert-OH is 3. The second kappa shape index (κ2) is 12.6. The molecule has 8 atom stereocenters. The number of phenolic OH excluding ortho intramolecular Hbond substituents is 10. The minimum absolute atomic E-state index is 0.00726. The standard InChI is InChI=1S/C45H34O18/c46-18-10-26(53)33-29(11-18)60-44(16-2-5-21(48)24(51)8-16)42(57)37(33)35-31(62-44)14-32-36(40(35)56)38-34-30(61-45(63-32,43(38)58)17-3-6-22(49)25(52)9-17)13-28-19(39(34)55)12-27(54)41(59-28)15-1-4-20(47)23(50)7-15/h1-11,13-14,27,37-38,41-43,46-58H,12H2/t27-,37-,38+,41-,42-,43-,44+,45-/m1/s1. The summed E-state index contributed by atoms with van der Waals surface area (Å²) in [6.45, 7) is 0. The molecule has 0 spiro atoms. The van der Waals surface area contributed by atoms with Crippen LogP contribution in [0.4, 0.5) is 0 Å². The molecular formula is C45H34O18. The summed E-state index contributed by atoms with van der Waals surface area (Å²) in [6.07, 6.45) is -6.41. The fraction of sp³-hybridized carbons (Fsp3) is 0.200. The molecule has 322 valence electrons. The highest BCUT2D eigenvalue weighted by molar-refractivity contribution is 5.73. The van der Waals surface area contributed by atoms with Crippen LogP contribution in [0.25, 0.3) is 0 Å². The monoisotopic (exact) mass is 862 g/mol. The molecule has 18 nitrogen and oxygen atoms in total. The third-order valence-electron chi connectivity index (χ3n) is 12.6. The highest BCUT2D eigenvalue weighted by Gasteiger charge is 2.63. The van der Waals surface area contributed by atoms with Gasteiger partial charge in [0.1, 0.15) is 70.1 Å². The lowest BCUT2D eigenvalue weighted by Crippen LogP contribution is -2.58. The molecule has 0 aliphatic carbocycles. The molecule has 4 bridgehead atoms. The van der Waals surface area contributed by atoms with Crippen LogP contribution < -0.4 is 23.7 Å². The van der Waals surface area contributed by atoms with E-state index < -0.39 is 105 Å². The number of aromatic hydroxyl groups is 10. The molecule has 5 aliphatic rings. The summed E-state index contributed by atoms with van der Waals surface area (Å²) >= 11 is 0. The van der Waals surface area contributed by atoms with Gasteiger partial charge >= 0.3 is 11.6 Å². The van der Waals surface area contributed by atoms with Crippen molar-refractivity contribution in [3.05, 3.63) is 123 Å². The Kier molecular flexibility index (Phi) is 7.65. The second-order valence-corrected chi connectivity index (χ2v) is 16.1. The van der Waals surface area contributed by atoms with E-state index in [-0.39, 0.29) is 79.7 Å². The van der Waals surface area contributed by atoms with Gasteiger partial charge in [0.2, 0.25) is 0 Å². The zero-order valence-corrected chi connectivity index (χ0v) is 32.0. The van der Waals surface area contributed by atoms with Gasteiger partial charge in [0.05, 0.1) is 17.9 Å². The summed E-state index contributed by atoms with van der Waals surface area (Å²) in [5.41, 5.74) is -0.299. The van der Waals surface area contributed by atoms with Crippen molar-refractivity contribution in [1.82, 2.24) is 0 Å². The molecule has 63 heavy (non-hydrogen) atoms. The van der Waals surface area contributed by atoms with E-state index >= 15 is 0 Å². The largest absolute Gasteiger partial charge is 0.508 e. The highest BCUT2D eigenvalue weighted by atomic mass is 16.7. The Labute approximate surface area is 353 Å². The number of aliphatic hydroxyl groups is 3. The van der Waals surface area contributed by atoms with E-state index in [4.69, 9.17) is 23.7 Å².